The molecule has 1 N–H and O–H groups in total. The molecule has 0 saturated heterocycles. The molecule has 7 heteroatoms. The summed E-state index contributed by atoms with van der Waals surface area (Å²) in [6, 6.07) is 9.25. The normalized spacial score (nSPS) is 13.6. The van der Waals surface area contributed by atoms with Gasteiger partial charge in [0.25, 0.3) is 0 Å². The van der Waals surface area contributed by atoms with E-state index in [4.69, 9.17) is 9.31 Å². The molecule has 0 aromatic heterocycles. The number of thioether (sulfide) groups is 3. The molecule has 0 saturated carbocycles. The number of hydrogen-bond acceptors (Lipinski definition) is 6. The van der Waals surface area contributed by atoms with Crippen LogP contribution >= 0.6 is 35.3 Å². The molecule has 1 rings (SSSR count). The predicted octanol–water partition coefficient (Wildman–Crippen LogP) is 6.27. The summed E-state index contributed by atoms with van der Waals surface area (Å²) in [7, 11) is -1.35. The first-order valence-electron chi connectivity index (χ1n) is 8.77. The number of benzene rings is 1. The van der Waals surface area contributed by atoms with Crippen LogP contribution in [-0.2, 0) is 4.65 Å². The van der Waals surface area contributed by atoms with Crippen molar-refractivity contribution in [2.45, 2.75) is 80.2 Å². The van der Waals surface area contributed by atoms with Gasteiger partial charge in [-0.2, -0.15) is 0 Å². The first kappa shape index (κ1) is 24.1. The first-order valence-corrected chi connectivity index (χ1v) is 11.2. The standard InChI is InChI=1S/C19H33BO3S3/c1-16(2,3)24-19(25-17(4,5)6,26-18(7,8)9)23-20(21)22-15-13-11-10-12-14-15/h10-14,21H,1-9H3. The zero-order valence-corrected chi connectivity index (χ0v) is 19.9. The quantitative estimate of drug-likeness (QED) is 0.417. The van der Waals surface area contributed by atoms with E-state index in [-0.39, 0.29) is 14.2 Å². The van der Waals surface area contributed by atoms with Gasteiger partial charge in [0.05, 0.1) is 0 Å². The molecular weight excluding hydrogens is 383 g/mol. The third-order valence-electron chi connectivity index (χ3n) is 2.52. The van der Waals surface area contributed by atoms with Crippen LogP contribution in [0.3, 0.4) is 0 Å². The lowest BCUT2D eigenvalue weighted by atomic mass is 10.2. The van der Waals surface area contributed by atoms with Crippen LogP contribution in [0.25, 0.3) is 0 Å². The van der Waals surface area contributed by atoms with Gasteiger partial charge in [-0.05, 0) is 12.1 Å². The van der Waals surface area contributed by atoms with Crippen molar-refractivity contribution < 1.29 is 14.3 Å². The van der Waals surface area contributed by atoms with Gasteiger partial charge in [0.2, 0.25) is 3.60 Å². The summed E-state index contributed by atoms with van der Waals surface area (Å²) >= 11 is 5.12. The van der Waals surface area contributed by atoms with E-state index >= 15 is 0 Å². The van der Waals surface area contributed by atoms with Gasteiger partial charge in [0.1, 0.15) is 5.75 Å². The van der Waals surface area contributed by atoms with Gasteiger partial charge >= 0.3 is 7.32 Å². The highest BCUT2D eigenvalue weighted by Crippen LogP contribution is 2.59. The Morgan fingerprint density at radius 1 is 0.731 bits per heavy atom. The van der Waals surface area contributed by atoms with Crippen LogP contribution in [-0.4, -0.2) is 30.2 Å². The smallest absolute Gasteiger partial charge is 0.512 e. The van der Waals surface area contributed by atoms with E-state index in [1.54, 1.807) is 47.4 Å². The van der Waals surface area contributed by atoms with E-state index in [0.717, 1.165) is 0 Å². The summed E-state index contributed by atoms with van der Waals surface area (Å²) < 4.78 is 10.9. The highest BCUT2D eigenvalue weighted by atomic mass is 32.3. The van der Waals surface area contributed by atoms with Gasteiger partial charge in [-0.15, -0.1) is 35.3 Å². The molecule has 0 bridgehead atoms. The topological polar surface area (TPSA) is 38.7 Å². The minimum Gasteiger partial charge on any atom is -0.512 e. The second kappa shape index (κ2) is 9.04. The average molecular weight is 416 g/mol. The molecule has 0 spiro atoms. The van der Waals surface area contributed by atoms with Gasteiger partial charge in [-0.1, -0.05) is 80.5 Å². The Morgan fingerprint density at radius 3 is 1.46 bits per heavy atom. The van der Waals surface area contributed by atoms with Crippen molar-refractivity contribution in [1.29, 1.82) is 0 Å². The van der Waals surface area contributed by atoms with Gasteiger partial charge < -0.3 is 14.3 Å². The monoisotopic (exact) mass is 416 g/mol. The molecule has 0 aliphatic heterocycles. The molecular formula is C19H33BO3S3. The highest BCUT2D eigenvalue weighted by molar-refractivity contribution is 8.34. The zero-order chi connectivity index (χ0) is 20.2. The number of para-hydroxylation sites is 1. The number of rotatable bonds is 7. The molecule has 26 heavy (non-hydrogen) atoms. The van der Waals surface area contributed by atoms with Crippen LogP contribution in [0.5, 0.6) is 5.75 Å². The largest absolute Gasteiger partial charge is 0.712 e. The van der Waals surface area contributed by atoms with Crippen LogP contribution in [0.1, 0.15) is 62.3 Å². The minimum absolute atomic E-state index is 0.0526. The fraction of sp³-hybridized carbons (Fsp3) is 0.684. The van der Waals surface area contributed by atoms with Gasteiger partial charge in [0, 0.05) is 14.2 Å². The summed E-state index contributed by atoms with van der Waals surface area (Å²) in [5, 5.41) is 10.5. The van der Waals surface area contributed by atoms with E-state index < -0.39 is 10.9 Å². The van der Waals surface area contributed by atoms with Crippen LogP contribution in [0, 0.1) is 0 Å². The van der Waals surface area contributed by atoms with Crippen molar-refractivity contribution in [2.75, 3.05) is 0 Å². The van der Waals surface area contributed by atoms with Gasteiger partial charge in [0.15, 0.2) is 0 Å². The first-order chi connectivity index (χ1) is 11.6. The molecule has 0 amide bonds. The van der Waals surface area contributed by atoms with Crippen molar-refractivity contribution in [3.05, 3.63) is 30.3 Å². The Bertz CT molecular complexity index is 507. The summed E-state index contributed by atoms with van der Waals surface area (Å²) in [6.07, 6.45) is 0. The number of hydrogen-bond donors (Lipinski definition) is 1. The summed E-state index contributed by atoms with van der Waals surface area (Å²) in [5.74, 6) is 0.580. The van der Waals surface area contributed by atoms with Crippen molar-refractivity contribution in [2.24, 2.45) is 0 Å². The molecule has 0 heterocycles. The van der Waals surface area contributed by atoms with Crippen molar-refractivity contribution >= 4 is 42.6 Å². The molecule has 0 atom stereocenters. The average Bonchev–Trinajstić information content (AvgIpc) is 2.31. The zero-order valence-electron chi connectivity index (χ0n) is 17.5. The molecule has 3 nitrogen and oxygen atoms in total. The van der Waals surface area contributed by atoms with Crippen molar-refractivity contribution in [1.82, 2.24) is 0 Å². The van der Waals surface area contributed by atoms with Crippen molar-refractivity contribution in [3.8, 4) is 5.75 Å². The van der Waals surface area contributed by atoms with Gasteiger partial charge in [-0.25, -0.2) is 0 Å². The fourth-order valence-electron chi connectivity index (χ4n) is 2.02. The third kappa shape index (κ3) is 10.4. The van der Waals surface area contributed by atoms with Crippen LogP contribution in [0.4, 0.5) is 0 Å². The third-order valence-corrected chi connectivity index (χ3v) is 6.89. The Hall–Kier alpha value is 0.0549. The maximum Gasteiger partial charge on any atom is 0.712 e. The lowest BCUT2D eigenvalue weighted by Crippen LogP contribution is -2.41. The van der Waals surface area contributed by atoms with Crippen LogP contribution < -0.4 is 4.65 Å². The Morgan fingerprint density at radius 2 is 1.12 bits per heavy atom. The highest BCUT2D eigenvalue weighted by Gasteiger charge is 2.47. The molecule has 1 aromatic rings. The fourth-order valence-corrected chi connectivity index (χ4v) is 9.66. The van der Waals surface area contributed by atoms with E-state index in [9.17, 15) is 5.02 Å². The Kier molecular flexibility index (Phi) is 8.37. The predicted molar refractivity (Wildman–Crippen MR) is 121 cm³/mol. The van der Waals surface area contributed by atoms with Crippen LogP contribution in [0.2, 0.25) is 0 Å². The van der Waals surface area contributed by atoms with E-state index in [0.29, 0.717) is 5.75 Å². The Balaban J connectivity index is 3.12. The van der Waals surface area contributed by atoms with Gasteiger partial charge in [-0.3, -0.25) is 0 Å². The molecule has 0 unspecified atom stereocenters. The lowest BCUT2D eigenvalue weighted by Gasteiger charge is -2.43. The maximum absolute atomic E-state index is 10.5. The summed E-state index contributed by atoms with van der Waals surface area (Å²) in [6.45, 7) is 19.4. The SMILES string of the molecule is CC(C)(C)SC(OB(O)Oc1ccccc1)(SC(C)(C)C)SC(C)(C)C. The molecule has 0 aliphatic rings. The summed E-state index contributed by atoms with van der Waals surface area (Å²) in [5.41, 5.74) is 0. The molecule has 0 fully saturated rings. The van der Waals surface area contributed by atoms with Crippen LogP contribution in [0.15, 0.2) is 30.3 Å². The molecule has 1 aromatic carbocycles. The van der Waals surface area contributed by atoms with Crippen molar-refractivity contribution in [3.63, 3.8) is 0 Å². The Labute approximate surface area is 172 Å². The maximum atomic E-state index is 10.5. The van der Waals surface area contributed by atoms with E-state index in [1.807, 2.05) is 18.2 Å². The lowest BCUT2D eigenvalue weighted by molar-refractivity contribution is 0.200. The second-order valence-electron chi connectivity index (χ2n) is 9.00. The minimum atomic E-state index is -1.35. The second-order valence-corrected chi connectivity index (χ2v) is 15.8. The van der Waals surface area contributed by atoms with E-state index in [2.05, 4.69) is 62.3 Å². The van der Waals surface area contributed by atoms with E-state index in [1.165, 1.54) is 0 Å². The molecule has 0 aliphatic carbocycles. The molecule has 148 valence electrons. The summed E-state index contributed by atoms with van der Waals surface area (Å²) in [4.78, 5) is 0. The molecule has 0 radical (unpaired) electrons.